The van der Waals surface area contributed by atoms with Gasteiger partial charge in [0, 0.05) is 61.1 Å². The molecule has 0 radical (unpaired) electrons. The van der Waals surface area contributed by atoms with E-state index in [2.05, 4.69) is 299 Å². The Morgan fingerprint density at radius 1 is 0.259 bits per heavy atom. The van der Waals surface area contributed by atoms with Gasteiger partial charge in [0.2, 0.25) is 0 Å². The lowest BCUT2D eigenvalue weighted by Crippen LogP contribution is -2.10. The molecule has 380 valence electrons. The van der Waals surface area contributed by atoms with Crippen molar-refractivity contribution in [2.24, 2.45) is 0 Å². The second-order valence-corrected chi connectivity index (χ2v) is 22.6. The Kier molecular flexibility index (Phi) is 11.2. The van der Waals surface area contributed by atoms with Gasteiger partial charge in [0.1, 0.15) is 10.0 Å². The van der Waals surface area contributed by atoms with E-state index in [0.29, 0.717) is 0 Å². The first-order chi connectivity index (χ1) is 40.1. The Hall–Kier alpha value is -10.2. The summed E-state index contributed by atoms with van der Waals surface area (Å²) in [6.07, 6.45) is 0. The molecule has 7 heteroatoms. The molecule has 0 aliphatic carbocycles. The summed E-state index contributed by atoms with van der Waals surface area (Å²) in [5.74, 6) is 0. The van der Waals surface area contributed by atoms with Crippen LogP contribution < -0.4 is 4.90 Å². The molecule has 0 aliphatic rings. The first-order valence-electron chi connectivity index (χ1n) is 27.3. The number of hydrogen-bond acceptors (Lipinski definition) is 5. The summed E-state index contributed by atoms with van der Waals surface area (Å²) in [5.41, 5.74) is 21.5. The summed E-state index contributed by atoms with van der Waals surface area (Å²) >= 11 is 3.47. The maximum absolute atomic E-state index is 4.96. The topological polar surface area (TPSA) is 38.9 Å². The summed E-state index contributed by atoms with van der Waals surface area (Å²) in [6.45, 7) is 0. The van der Waals surface area contributed by atoms with E-state index >= 15 is 0 Å². The Balaban J connectivity index is 0.793. The molecule has 0 bridgehead atoms. The van der Waals surface area contributed by atoms with E-state index in [1.54, 1.807) is 22.7 Å². The largest absolute Gasteiger partial charge is 0.310 e. The van der Waals surface area contributed by atoms with Gasteiger partial charge in [-0.15, -0.1) is 22.7 Å². The predicted molar refractivity (Wildman–Crippen MR) is 343 cm³/mol. The van der Waals surface area contributed by atoms with Crippen LogP contribution >= 0.6 is 22.7 Å². The number of rotatable bonds is 10. The van der Waals surface area contributed by atoms with E-state index in [0.717, 1.165) is 88.2 Å². The van der Waals surface area contributed by atoms with Crippen molar-refractivity contribution >= 4 is 104 Å². The third kappa shape index (κ3) is 8.21. The van der Waals surface area contributed by atoms with Crippen LogP contribution in [0.3, 0.4) is 0 Å². The Labute approximate surface area is 475 Å². The number of thiazole rings is 2. The molecule has 4 aromatic heterocycles. The molecule has 0 fully saturated rings. The van der Waals surface area contributed by atoms with Crippen molar-refractivity contribution in [3.05, 3.63) is 285 Å². The predicted octanol–water partition coefficient (Wildman–Crippen LogP) is 20.9. The van der Waals surface area contributed by atoms with Gasteiger partial charge >= 0.3 is 0 Å². The molecule has 81 heavy (non-hydrogen) atoms. The highest BCUT2D eigenvalue weighted by molar-refractivity contribution is 7.22. The monoisotopic (exact) mass is 1070 g/mol. The summed E-state index contributed by atoms with van der Waals surface area (Å²) in [4.78, 5) is 12.3. The number of para-hydroxylation sites is 4. The summed E-state index contributed by atoms with van der Waals surface area (Å²) in [7, 11) is 0. The van der Waals surface area contributed by atoms with Crippen molar-refractivity contribution in [1.29, 1.82) is 0 Å². The van der Waals surface area contributed by atoms with Gasteiger partial charge in [-0.05, 0) is 167 Å². The van der Waals surface area contributed by atoms with Gasteiger partial charge in [-0.3, -0.25) is 0 Å². The highest BCUT2D eigenvalue weighted by Gasteiger charge is 2.21. The lowest BCUT2D eigenvalue weighted by atomic mass is 9.98. The smallest absolute Gasteiger partial charge is 0.124 e. The van der Waals surface area contributed by atoms with Crippen LogP contribution in [-0.2, 0) is 0 Å². The molecule has 5 nitrogen and oxygen atoms in total. The van der Waals surface area contributed by atoms with Gasteiger partial charge in [-0.1, -0.05) is 152 Å². The van der Waals surface area contributed by atoms with Crippen molar-refractivity contribution in [3.63, 3.8) is 0 Å². The van der Waals surface area contributed by atoms with Gasteiger partial charge in [0.25, 0.3) is 0 Å². The fourth-order valence-electron chi connectivity index (χ4n) is 11.8. The van der Waals surface area contributed by atoms with Crippen molar-refractivity contribution in [3.8, 4) is 65.9 Å². The van der Waals surface area contributed by atoms with E-state index in [1.807, 2.05) is 0 Å². The van der Waals surface area contributed by atoms with Crippen LogP contribution in [-0.4, -0.2) is 19.1 Å². The second-order valence-electron chi connectivity index (χ2n) is 20.6. The number of anilines is 3. The number of benzene rings is 12. The Morgan fingerprint density at radius 2 is 0.593 bits per heavy atom. The molecule has 4 heterocycles. The van der Waals surface area contributed by atoms with Crippen LogP contribution in [0.1, 0.15) is 0 Å². The maximum Gasteiger partial charge on any atom is 0.124 e. The molecule has 0 aliphatic heterocycles. The number of nitrogens with zero attached hydrogens (tertiary/aromatic N) is 5. The summed E-state index contributed by atoms with van der Waals surface area (Å²) in [6, 6.07) is 103. The quantitative estimate of drug-likeness (QED) is 0.137. The van der Waals surface area contributed by atoms with Crippen LogP contribution in [0.5, 0.6) is 0 Å². The summed E-state index contributed by atoms with van der Waals surface area (Å²) in [5, 5.41) is 6.81. The van der Waals surface area contributed by atoms with Crippen LogP contribution in [0.4, 0.5) is 17.1 Å². The highest BCUT2D eigenvalue weighted by Crippen LogP contribution is 2.44. The number of hydrogen-bond donors (Lipinski definition) is 0. The molecule has 12 aromatic carbocycles. The lowest BCUT2D eigenvalue weighted by Gasteiger charge is -2.26. The van der Waals surface area contributed by atoms with Gasteiger partial charge in [-0.25, -0.2) is 9.97 Å². The van der Waals surface area contributed by atoms with E-state index < -0.39 is 0 Å². The van der Waals surface area contributed by atoms with Crippen molar-refractivity contribution in [2.45, 2.75) is 0 Å². The molecule has 0 saturated carbocycles. The van der Waals surface area contributed by atoms with E-state index in [9.17, 15) is 0 Å². The molecule has 0 saturated heterocycles. The van der Waals surface area contributed by atoms with Crippen molar-refractivity contribution < 1.29 is 0 Å². The first kappa shape index (κ1) is 46.9. The van der Waals surface area contributed by atoms with Crippen LogP contribution in [0.25, 0.3) is 130 Å². The molecule has 16 rings (SSSR count). The third-order valence-corrected chi connectivity index (χ3v) is 18.0. The Bertz CT molecular complexity index is 4710. The molecule has 0 unspecified atom stereocenters. The normalized spacial score (nSPS) is 11.7. The SMILES string of the molecule is c1ccc(-c2ccc(-c3ccc(-c4ccc(N(c5ccc6c(c5)c5ccccc5n6-c5ccc(-c6nc7ccccc7s6)cc5)c5ccc6c(c5)c5ccccc5n6-c5ccc(-c6nc7ccccc7s6)cc5)cc4)cc3)cc2)cc1. The standard InChI is InChI=1S/C74H47N5S2/c1-2-12-48(13-3-1)49-22-24-50(25-23-49)51-26-28-52(29-27-51)53-30-36-56(37-31-53)77(59-42-44-69-63(46-59)61-14-4-8-18-67(61)78(69)57-38-32-54(33-39-57)73-75-65-16-6-10-20-71(65)80-73)60-43-45-70-64(47-60)62-15-5-9-19-68(62)79(70)58-40-34-55(35-41-58)74-76-66-17-7-11-21-72(66)81-74/h1-47H. The zero-order chi connectivity index (χ0) is 53.4. The van der Waals surface area contributed by atoms with Crippen molar-refractivity contribution in [1.82, 2.24) is 19.1 Å². The molecule has 16 aromatic rings. The van der Waals surface area contributed by atoms with Crippen LogP contribution in [0.15, 0.2) is 285 Å². The lowest BCUT2D eigenvalue weighted by molar-refractivity contribution is 1.18. The van der Waals surface area contributed by atoms with Gasteiger partial charge in [0.15, 0.2) is 0 Å². The molecule has 0 amide bonds. The van der Waals surface area contributed by atoms with Gasteiger partial charge < -0.3 is 14.0 Å². The molecule has 0 N–H and O–H groups in total. The molecule has 0 spiro atoms. The van der Waals surface area contributed by atoms with E-state index in [1.165, 1.54) is 58.8 Å². The minimum atomic E-state index is 1.03. The number of fused-ring (bicyclic) bond motifs is 8. The number of aromatic nitrogens is 4. The summed E-state index contributed by atoms with van der Waals surface area (Å²) < 4.78 is 7.18. The fraction of sp³-hybridized carbons (Fsp3) is 0. The fourth-order valence-corrected chi connectivity index (χ4v) is 13.8. The first-order valence-corrected chi connectivity index (χ1v) is 28.9. The average Bonchev–Trinajstić information content (AvgIpc) is 4.46. The minimum Gasteiger partial charge on any atom is -0.310 e. The van der Waals surface area contributed by atoms with Gasteiger partial charge in [-0.2, -0.15) is 0 Å². The highest BCUT2D eigenvalue weighted by atomic mass is 32.1. The Morgan fingerprint density at radius 3 is 1.02 bits per heavy atom. The van der Waals surface area contributed by atoms with Gasteiger partial charge in [0.05, 0.1) is 42.5 Å². The average molecular weight is 1070 g/mol. The van der Waals surface area contributed by atoms with E-state index in [4.69, 9.17) is 9.97 Å². The minimum absolute atomic E-state index is 1.03. The van der Waals surface area contributed by atoms with Crippen LogP contribution in [0, 0.1) is 0 Å². The molecule has 0 atom stereocenters. The third-order valence-electron chi connectivity index (χ3n) is 15.8. The zero-order valence-corrected chi connectivity index (χ0v) is 45.3. The van der Waals surface area contributed by atoms with Crippen molar-refractivity contribution in [2.75, 3.05) is 4.90 Å². The maximum atomic E-state index is 4.96. The van der Waals surface area contributed by atoms with E-state index in [-0.39, 0.29) is 0 Å². The molecular weight excluding hydrogens is 1020 g/mol. The second kappa shape index (κ2) is 19.3. The zero-order valence-electron chi connectivity index (χ0n) is 43.7. The van der Waals surface area contributed by atoms with Crippen LogP contribution in [0.2, 0.25) is 0 Å². The molecular formula is C74H47N5S2.